The molecule has 1 aliphatic rings. The fourth-order valence-corrected chi connectivity index (χ4v) is 2.39. The average Bonchev–Trinajstić information content (AvgIpc) is 2.92. The first-order valence-corrected chi connectivity index (χ1v) is 7.30. The third kappa shape index (κ3) is 3.94. The summed E-state index contributed by atoms with van der Waals surface area (Å²) in [6.45, 7) is 2.90. The molecule has 19 heavy (non-hydrogen) atoms. The first kappa shape index (κ1) is 14.3. The molecule has 0 aliphatic carbocycles. The van der Waals surface area contributed by atoms with Crippen LogP contribution < -0.4 is 5.32 Å². The highest BCUT2D eigenvalue weighted by atomic mass is 79.9. The molecule has 2 unspecified atom stereocenters. The van der Waals surface area contributed by atoms with Crippen molar-refractivity contribution in [3.63, 3.8) is 0 Å². The fraction of sp³-hybridized carbons (Fsp3) is 0.500. The lowest BCUT2D eigenvalue weighted by atomic mass is 10.1. The standard InChI is InChI=1S/C14H18BrNO3/c1-2-18-14(17)13(12-4-3-9-19-12)16-11-7-5-10(15)6-8-11/h5-8,12-13,16H,2-4,9H2,1H3. The SMILES string of the molecule is CCOC(=O)C(Nc1ccc(Br)cc1)C1CCCO1. The molecule has 0 radical (unpaired) electrons. The zero-order valence-corrected chi connectivity index (χ0v) is 12.5. The lowest BCUT2D eigenvalue weighted by Crippen LogP contribution is -2.41. The minimum atomic E-state index is -0.441. The molecule has 1 aliphatic heterocycles. The maximum Gasteiger partial charge on any atom is 0.331 e. The fourth-order valence-electron chi connectivity index (χ4n) is 2.13. The van der Waals surface area contributed by atoms with Gasteiger partial charge in [-0.25, -0.2) is 4.79 Å². The molecule has 1 saturated heterocycles. The summed E-state index contributed by atoms with van der Waals surface area (Å²) in [7, 11) is 0. The van der Waals surface area contributed by atoms with Crippen molar-refractivity contribution in [1.29, 1.82) is 0 Å². The van der Waals surface area contributed by atoms with Crippen LogP contribution in [0.15, 0.2) is 28.7 Å². The summed E-state index contributed by atoms with van der Waals surface area (Å²) in [5.74, 6) is -0.252. The summed E-state index contributed by atoms with van der Waals surface area (Å²) < 4.78 is 11.7. The molecule has 0 spiro atoms. The Morgan fingerprint density at radius 1 is 1.53 bits per heavy atom. The zero-order valence-electron chi connectivity index (χ0n) is 10.9. The van der Waals surface area contributed by atoms with Gasteiger partial charge in [-0.05, 0) is 44.0 Å². The van der Waals surface area contributed by atoms with E-state index >= 15 is 0 Å². The van der Waals surface area contributed by atoms with Crippen molar-refractivity contribution in [1.82, 2.24) is 0 Å². The van der Waals surface area contributed by atoms with Gasteiger partial charge in [-0.2, -0.15) is 0 Å². The third-order valence-corrected chi connectivity index (χ3v) is 3.57. The normalized spacial score (nSPS) is 20.0. The number of benzene rings is 1. The van der Waals surface area contributed by atoms with Crippen LogP contribution >= 0.6 is 15.9 Å². The smallest absolute Gasteiger partial charge is 0.331 e. The van der Waals surface area contributed by atoms with Crippen LogP contribution in [-0.2, 0) is 14.3 Å². The molecule has 0 bridgehead atoms. The van der Waals surface area contributed by atoms with Crippen LogP contribution in [0.1, 0.15) is 19.8 Å². The van der Waals surface area contributed by atoms with Gasteiger partial charge in [0, 0.05) is 16.8 Å². The van der Waals surface area contributed by atoms with Gasteiger partial charge in [0.1, 0.15) is 0 Å². The van der Waals surface area contributed by atoms with Crippen molar-refractivity contribution in [2.75, 3.05) is 18.5 Å². The predicted molar refractivity (Wildman–Crippen MR) is 77.2 cm³/mol. The second-order valence-electron chi connectivity index (χ2n) is 4.43. The summed E-state index contributed by atoms with van der Waals surface area (Å²) >= 11 is 3.39. The van der Waals surface area contributed by atoms with Crippen LogP contribution in [0.3, 0.4) is 0 Å². The Morgan fingerprint density at radius 3 is 2.84 bits per heavy atom. The van der Waals surface area contributed by atoms with E-state index in [0.29, 0.717) is 13.2 Å². The Hall–Kier alpha value is -1.07. The molecule has 0 amide bonds. The van der Waals surface area contributed by atoms with E-state index in [4.69, 9.17) is 9.47 Å². The van der Waals surface area contributed by atoms with Gasteiger partial charge in [-0.1, -0.05) is 15.9 Å². The first-order chi connectivity index (χ1) is 9.20. The number of carbonyl (C=O) groups is 1. The lowest BCUT2D eigenvalue weighted by Gasteiger charge is -2.23. The Labute approximate surface area is 121 Å². The van der Waals surface area contributed by atoms with Crippen molar-refractivity contribution < 1.29 is 14.3 Å². The van der Waals surface area contributed by atoms with Gasteiger partial charge in [0.25, 0.3) is 0 Å². The van der Waals surface area contributed by atoms with Crippen molar-refractivity contribution in [2.24, 2.45) is 0 Å². The number of hydrogen-bond acceptors (Lipinski definition) is 4. The molecular formula is C14H18BrNO3. The first-order valence-electron chi connectivity index (χ1n) is 6.51. The van der Waals surface area contributed by atoms with E-state index in [0.717, 1.165) is 23.0 Å². The highest BCUT2D eigenvalue weighted by molar-refractivity contribution is 9.10. The predicted octanol–water partition coefficient (Wildman–Crippen LogP) is 2.97. The highest BCUT2D eigenvalue weighted by Crippen LogP contribution is 2.21. The number of carbonyl (C=O) groups excluding carboxylic acids is 1. The second-order valence-corrected chi connectivity index (χ2v) is 5.35. The Bertz CT molecular complexity index is 415. The number of halogens is 1. The molecule has 1 N–H and O–H groups in total. The molecule has 1 aromatic carbocycles. The van der Waals surface area contributed by atoms with E-state index in [-0.39, 0.29) is 12.1 Å². The molecule has 104 valence electrons. The topological polar surface area (TPSA) is 47.6 Å². The van der Waals surface area contributed by atoms with E-state index in [1.807, 2.05) is 31.2 Å². The van der Waals surface area contributed by atoms with Gasteiger partial charge < -0.3 is 14.8 Å². The van der Waals surface area contributed by atoms with E-state index in [9.17, 15) is 4.79 Å². The second kappa shape index (κ2) is 6.91. The van der Waals surface area contributed by atoms with E-state index < -0.39 is 6.04 Å². The molecular weight excluding hydrogens is 310 g/mol. The van der Waals surface area contributed by atoms with Gasteiger partial charge in [0.2, 0.25) is 0 Å². The van der Waals surface area contributed by atoms with Crippen molar-refractivity contribution >= 4 is 27.6 Å². The molecule has 1 fully saturated rings. The summed E-state index contributed by atoms with van der Waals surface area (Å²) in [5, 5.41) is 3.21. The van der Waals surface area contributed by atoms with Crippen LogP contribution in [0.2, 0.25) is 0 Å². The molecule has 0 saturated carbocycles. The van der Waals surface area contributed by atoms with Gasteiger partial charge in [-0.15, -0.1) is 0 Å². The van der Waals surface area contributed by atoms with E-state index in [1.54, 1.807) is 0 Å². The number of hydrogen-bond donors (Lipinski definition) is 1. The van der Waals surface area contributed by atoms with Crippen LogP contribution in [0.5, 0.6) is 0 Å². The molecule has 2 rings (SSSR count). The highest BCUT2D eigenvalue weighted by Gasteiger charge is 2.32. The number of anilines is 1. The van der Waals surface area contributed by atoms with Crippen LogP contribution in [-0.4, -0.2) is 31.3 Å². The molecule has 1 heterocycles. The quantitative estimate of drug-likeness (QED) is 0.844. The maximum absolute atomic E-state index is 12.0. The zero-order chi connectivity index (χ0) is 13.7. The lowest BCUT2D eigenvalue weighted by molar-refractivity contribution is -0.146. The molecule has 1 aromatic rings. The van der Waals surface area contributed by atoms with Crippen LogP contribution in [0.25, 0.3) is 0 Å². The molecule has 2 atom stereocenters. The summed E-state index contributed by atoms with van der Waals surface area (Å²) in [6.07, 6.45) is 1.76. The van der Waals surface area contributed by atoms with E-state index in [1.165, 1.54) is 0 Å². The number of ether oxygens (including phenoxy) is 2. The monoisotopic (exact) mass is 327 g/mol. The van der Waals surface area contributed by atoms with Gasteiger partial charge in [0.15, 0.2) is 6.04 Å². The molecule has 5 heteroatoms. The Balaban J connectivity index is 2.08. The van der Waals surface area contributed by atoms with Crippen molar-refractivity contribution in [3.05, 3.63) is 28.7 Å². The minimum absolute atomic E-state index is 0.109. The van der Waals surface area contributed by atoms with Crippen LogP contribution in [0.4, 0.5) is 5.69 Å². The summed E-state index contributed by atoms with van der Waals surface area (Å²) in [5.41, 5.74) is 0.886. The van der Waals surface area contributed by atoms with Crippen molar-refractivity contribution in [2.45, 2.75) is 31.9 Å². The third-order valence-electron chi connectivity index (χ3n) is 3.04. The maximum atomic E-state index is 12.0. The number of rotatable bonds is 5. The Morgan fingerprint density at radius 2 is 2.26 bits per heavy atom. The number of nitrogens with one attached hydrogen (secondary N) is 1. The Kier molecular flexibility index (Phi) is 5.22. The summed E-state index contributed by atoms with van der Waals surface area (Å²) in [4.78, 5) is 12.0. The average molecular weight is 328 g/mol. The van der Waals surface area contributed by atoms with Crippen LogP contribution in [0, 0.1) is 0 Å². The van der Waals surface area contributed by atoms with Gasteiger partial charge in [0.05, 0.1) is 12.7 Å². The largest absolute Gasteiger partial charge is 0.464 e. The van der Waals surface area contributed by atoms with Gasteiger partial charge >= 0.3 is 5.97 Å². The molecule has 4 nitrogen and oxygen atoms in total. The van der Waals surface area contributed by atoms with Gasteiger partial charge in [-0.3, -0.25) is 0 Å². The molecule has 0 aromatic heterocycles. The minimum Gasteiger partial charge on any atom is -0.464 e. The summed E-state index contributed by atoms with van der Waals surface area (Å²) in [6, 6.07) is 7.26. The number of esters is 1. The van der Waals surface area contributed by atoms with E-state index in [2.05, 4.69) is 21.2 Å². The van der Waals surface area contributed by atoms with Crippen molar-refractivity contribution in [3.8, 4) is 0 Å².